The first-order valence-electron chi connectivity index (χ1n) is 8.06. The van der Waals surface area contributed by atoms with Crippen molar-refractivity contribution in [3.8, 4) is 0 Å². The van der Waals surface area contributed by atoms with E-state index in [-0.39, 0.29) is 17.6 Å². The monoisotopic (exact) mass is 382 g/mol. The molecule has 0 bridgehead atoms. The third-order valence-electron chi connectivity index (χ3n) is 4.70. The van der Waals surface area contributed by atoms with Crippen LogP contribution < -0.4 is 5.32 Å². The Labute approximate surface area is 145 Å². The second-order valence-corrected chi connectivity index (χ2v) is 7.21. The van der Waals surface area contributed by atoms with Crippen LogP contribution in [0.3, 0.4) is 0 Å². The highest BCUT2D eigenvalue weighted by molar-refractivity contribution is 9.10. The van der Waals surface area contributed by atoms with Crippen molar-refractivity contribution in [2.24, 2.45) is 0 Å². The Bertz CT molecular complexity index is 543. The summed E-state index contributed by atoms with van der Waals surface area (Å²) in [7, 11) is 1.75. The Hall–Kier alpha value is -0.950. The molecule has 23 heavy (non-hydrogen) atoms. The van der Waals surface area contributed by atoms with Gasteiger partial charge in [0.15, 0.2) is 0 Å². The van der Waals surface area contributed by atoms with Gasteiger partial charge in [-0.2, -0.15) is 0 Å². The molecule has 1 aromatic rings. The zero-order chi connectivity index (χ0) is 16.3. The van der Waals surface area contributed by atoms with Crippen molar-refractivity contribution in [3.63, 3.8) is 0 Å². The van der Waals surface area contributed by atoms with Gasteiger partial charge in [0.1, 0.15) is 5.60 Å². The lowest BCUT2D eigenvalue weighted by atomic mass is 9.87. The second kappa shape index (κ2) is 7.30. The molecule has 2 fully saturated rings. The Morgan fingerprint density at radius 3 is 2.91 bits per heavy atom. The van der Waals surface area contributed by atoms with E-state index >= 15 is 0 Å². The van der Waals surface area contributed by atoms with E-state index in [1.54, 1.807) is 7.11 Å². The van der Waals surface area contributed by atoms with Crippen molar-refractivity contribution in [1.82, 2.24) is 4.90 Å². The summed E-state index contributed by atoms with van der Waals surface area (Å²) in [5, 5.41) is 2.95. The summed E-state index contributed by atoms with van der Waals surface area (Å²) < 4.78 is 12.7. The van der Waals surface area contributed by atoms with E-state index < -0.39 is 0 Å². The van der Waals surface area contributed by atoms with Gasteiger partial charge in [-0.05, 0) is 43.5 Å². The van der Waals surface area contributed by atoms with E-state index in [0.29, 0.717) is 6.54 Å². The van der Waals surface area contributed by atoms with E-state index in [4.69, 9.17) is 9.47 Å². The fraction of sp³-hybridized carbons (Fsp3) is 0.588. The van der Waals surface area contributed by atoms with Crippen molar-refractivity contribution < 1.29 is 14.3 Å². The topological polar surface area (TPSA) is 50.8 Å². The molecule has 1 spiro atoms. The Kier molecular flexibility index (Phi) is 5.36. The van der Waals surface area contributed by atoms with Gasteiger partial charge in [-0.1, -0.05) is 15.9 Å². The SMILES string of the molecule is CO[C@@H]1CCN(CC(=O)Nc2ccc(Br)cc2)C[C@@]12CCCO2. The second-order valence-electron chi connectivity index (χ2n) is 6.30. The van der Waals surface area contributed by atoms with Crippen LogP contribution >= 0.6 is 15.9 Å². The van der Waals surface area contributed by atoms with Gasteiger partial charge in [0.05, 0.1) is 12.6 Å². The first-order valence-corrected chi connectivity index (χ1v) is 8.85. The summed E-state index contributed by atoms with van der Waals surface area (Å²) >= 11 is 3.39. The smallest absolute Gasteiger partial charge is 0.238 e. The molecule has 6 heteroatoms. The molecule has 2 aliphatic heterocycles. The number of methoxy groups -OCH3 is 1. The largest absolute Gasteiger partial charge is 0.378 e. The number of carbonyl (C=O) groups excluding carboxylic acids is 1. The van der Waals surface area contributed by atoms with Gasteiger partial charge in [-0.25, -0.2) is 0 Å². The third kappa shape index (κ3) is 3.94. The Morgan fingerprint density at radius 1 is 1.48 bits per heavy atom. The number of nitrogens with zero attached hydrogens (tertiary/aromatic N) is 1. The van der Waals surface area contributed by atoms with Crippen molar-refractivity contribution in [1.29, 1.82) is 0 Å². The predicted molar refractivity (Wildman–Crippen MR) is 92.5 cm³/mol. The summed E-state index contributed by atoms with van der Waals surface area (Å²) in [6.07, 6.45) is 3.12. The average Bonchev–Trinajstić information content (AvgIpc) is 2.98. The summed E-state index contributed by atoms with van der Waals surface area (Å²) in [6.45, 7) is 2.80. The molecule has 2 atom stereocenters. The molecule has 0 aromatic heterocycles. The number of benzene rings is 1. The Balaban J connectivity index is 1.57. The van der Waals surface area contributed by atoms with Gasteiger partial charge in [0.2, 0.25) is 5.91 Å². The highest BCUT2D eigenvalue weighted by Crippen LogP contribution is 2.36. The zero-order valence-corrected chi connectivity index (χ0v) is 15.0. The first kappa shape index (κ1) is 16.9. The van der Waals surface area contributed by atoms with Crippen LogP contribution in [0.1, 0.15) is 19.3 Å². The van der Waals surface area contributed by atoms with Crippen LogP contribution in [0.5, 0.6) is 0 Å². The van der Waals surface area contributed by atoms with Crippen LogP contribution in [-0.4, -0.2) is 55.9 Å². The predicted octanol–water partition coefficient (Wildman–Crippen LogP) is 2.66. The number of amides is 1. The number of carbonyl (C=O) groups is 1. The lowest BCUT2D eigenvalue weighted by Gasteiger charge is -2.44. The molecule has 1 N–H and O–H groups in total. The standard InChI is InChI=1S/C17H23BrN2O3/c1-22-15-7-9-20(12-17(15)8-2-10-23-17)11-16(21)19-14-5-3-13(18)4-6-14/h3-6,15H,2,7-12H2,1H3,(H,19,21)/t15-,17+/m1/s1. The Morgan fingerprint density at radius 2 is 2.26 bits per heavy atom. The lowest BCUT2D eigenvalue weighted by Crippen LogP contribution is -2.58. The number of halogens is 1. The van der Waals surface area contributed by atoms with Crippen LogP contribution in [0.4, 0.5) is 5.69 Å². The lowest BCUT2D eigenvalue weighted by molar-refractivity contribution is -0.146. The maximum Gasteiger partial charge on any atom is 0.238 e. The maximum atomic E-state index is 12.3. The van der Waals surface area contributed by atoms with E-state index in [1.165, 1.54) is 0 Å². The molecule has 0 radical (unpaired) electrons. The molecule has 1 amide bonds. The van der Waals surface area contributed by atoms with E-state index in [9.17, 15) is 4.79 Å². The molecule has 0 unspecified atom stereocenters. The molecule has 2 saturated heterocycles. The minimum Gasteiger partial charge on any atom is -0.378 e. The van der Waals surface area contributed by atoms with Gasteiger partial charge in [0, 0.05) is 37.0 Å². The number of ether oxygens (including phenoxy) is 2. The summed E-state index contributed by atoms with van der Waals surface area (Å²) in [6, 6.07) is 7.61. The number of hydrogen-bond donors (Lipinski definition) is 1. The normalized spacial score (nSPS) is 28.2. The molecule has 126 valence electrons. The number of nitrogens with one attached hydrogen (secondary N) is 1. The van der Waals surface area contributed by atoms with Crippen molar-refractivity contribution in [2.75, 3.05) is 38.7 Å². The fourth-order valence-electron chi connectivity index (χ4n) is 3.62. The molecule has 2 aliphatic rings. The van der Waals surface area contributed by atoms with Gasteiger partial charge in [-0.15, -0.1) is 0 Å². The molecular formula is C17H23BrN2O3. The number of likely N-dealkylation sites (tertiary alicyclic amines) is 1. The van der Waals surface area contributed by atoms with Gasteiger partial charge in [0.25, 0.3) is 0 Å². The van der Waals surface area contributed by atoms with E-state index in [0.717, 1.165) is 49.1 Å². The van der Waals surface area contributed by atoms with Crippen LogP contribution in [0.25, 0.3) is 0 Å². The first-order chi connectivity index (χ1) is 11.1. The quantitative estimate of drug-likeness (QED) is 0.869. The highest BCUT2D eigenvalue weighted by atomic mass is 79.9. The van der Waals surface area contributed by atoms with Crippen molar-refractivity contribution >= 4 is 27.5 Å². The van der Waals surface area contributed by atoms with Crippen LogP contribution in [0.15, 0.2) is 28.7 Å². The minimum absolute atomic E-state index is 0.0105. The molecular weight excluding hydrogens is 360 g/mol. The number of rotatable bonds is 4. The van der Waals surface area contributed by atoms with E-state index in [1.807, 2.05) is 24.3 Å². The summed E-state index contributed by atoms with van der Waals surface area (Å²) in [4.78, 5) is 14.5. The molecule has 1 aromatic carbocycles. The molecule has 2 heterocycles. The average molecular weight is 383 g/mol. The van der Waals surface area contributed by atoms with Gasteiger partial charge < -0.3 is 14.8 Å². The number of piperidine rings is 1. The molecule has 0 aliphatic carbocycles. The minimum atomic E-state index is -0.231. The maximum absolute atomic E-state index is 12.3. The molecule has 0 saturated carbocycles. The van der Waals surface area contributed by atoms with Gasteiger partial charge >= 0.3 is 0 Å². The van der Waals surface area contributed by atoms with Crippen molar-refractivity contribution in [3.05, 3.63) is 28.7 Å². The van der Waals surface area contributed by atoms with Crippen LogP contribution in [0, 0.1) is 0 Å². The zero-order valence-electron chi connectivity index (χ0n) is 13.4. The number of hydrogen-bond acceptors (Lipinski definition) is 4. The van der Waals surface area contributed by atoms with Crippen molar-refractivity contribution in [2.45, 2.75) is 31.0 Å². The van der Waals surface area contributed by atoms with E-state index in [2.05, 4.69) is 26.1 Å². The summed E-state index contributed by atoms with van der Waals surface area (Å²) in [5.74, 6) is 0.0105. The molecule has 3 rings (SSSR count). The molecule has 5 nitrogen and oxygen atoms in total. The summed E-state index contributed by atoms with van der Waals surface area (Å²) in [5.41, 5.74) is 0.585. The van der Waals surface area contributed by atoms with Crippen LogP contribution in [0.2, 0.25) is 0 Å². The van der Waals surface area contributed by atoms with Gasteiger partial charge in [-0.3, -0.25) is 9.69 Å². The fourth-order valence-corrected chi connectivity index (χ4v) is 3.89. The highest BCUT2D eigenvalue weighted by Gasteiger charge is 2.47. The number of anilines is 1. The van der Waals surface area contributed by atoms with Crippen LogP contribution in [-0.2, 0) is 14.3 Å². The third-order valence-corrected chi connectivity index (χ3v) is 5.23.